The van der Waals surface area contributed by atoms with E-state index in [1.807, 2.05) is 48.2 Å². The Balaban J connectivity index is 1.33. The first-order chi connectivity index (χ1) is 17.9. The lowest BCUT2D eigenvalue weighted by Gasteiger charge is -2.37. The minimum atomic E-state index is -0.163. The van der Waals surface area contributed by atoms with Gasteiger partial charge in [-0.1, -0.05) is 44.2 Å². The number of rotatable bonds is 9. The van der Waals surface area contributed by atoms with Crippen molar-refractivity contribution < 1.29 is 14.3 Å². The molecule has 0 bridgehead atoms. The number of carbonyl (C=O) groups is 2. The topological polar surface area (TPSA) is 49.9 Å². The molecule has 2 amide bonds. The number of ether oxygens (including phenoxy) is 1. The first kappa shape index (κ1) is 25.5. The van der Waals surface area contributed by atoms with Crippen LogP contribution in [0, 0.1) is 12.8 Å². The van der Waals surface area contributed by atoms with E-state index in [9.17, 15) is 9.59 Å². The van der Waals surface area contributed by atoms with Gasteiger partial charge in [0.05, 0.1) is 6.04 Å². The van der Waals surface area contributed by atoms with Crippen molar-refractivity contribution in [3.8, 4) is 5.75 Å². The molecule has 6 heteroatoms. The molecule has 5 rings (SSSR count). The van der Waals surface area contributed by atoms with Gasteiger partial charge in [-0.2, -0.15) is 0 Å². The van der Waals surface area contributed by atoms with Crippen LogP contribution in [0.5, 0.6) is 5.75 Å². The van der Waals surface area contributed by atoms with Crippen molar-refractivity contribution in [1.29, 1.82) is 0 Å². The molecule has 5 nitrogen and oxygen atoms in total. The summed E-state index contributed by atoms with van der Waals surface area (Å²) in [5, 5.41) is 2.10. The summed E-state index contributed by atoms with van der Waals surface area (Å²) in [6, 6.07) is 17.8. The first-order valence-corrected chi connectivity index (χ1v) is 14.2. The van der Waals surface area contributed by atoms with E-state index in [4.69, 9.17) is 4.74 Å². The summed E-state index contributed by atoms with van der Waals surface area (Å²) in [4.78, 5) is 32.3. The Hall–Kier alpha value is -3.12. The Morgan fingerprint density at radius 2 is 1.84 bits per heavy atom. The maximum Gasteiger partial charge on any atom is 0.254 e. The van der Waals surface area contributed by atoms with Crippen LogP contribution in [0.15, 0.2) is 60.0 Å². The standard InChI is InChI=1S/C31H36N2O3S/c1-21(2)24-10-12-25(13-11-24)36-20-28-27-15-17-37-29(27)14-16-33(28)30(34)19-32(18-23-8-9-23)31(35)26-7-5-4-6-22(26)3/h4-7,10-13,15,17,21,23,28H,8-9,14,16,18-20H2,1-3H3/t28-/m1/s1. The quantitative estimate of drug-likeness (QED) is 0.338. The van der Waals surface area contributed by atoms with Crippen LogP contribution in [0.2, 0.25) is 0 Å². The van der Waals surface area contributed by atoms with Crippen molar-refractivity contribution in [2.45, 2.75) is 52.0 Å². The summed E-state index contributed by atoms with van der Waals surface area (Å²) in [6.07, 6.45) is 3.09. The number of benzene rings is 2. The second-order valence-electron chi connectivity index (χ2n) is 10.6. The zero-order valence-electron chi connectivity index (χ0n) is 22.0. The molecule has 0 saturated heterocycles. The van der Waals surface area contributed by atoms with Crippen molar-refractivity contribution in [1.82, 2.24) is 9.80 Å². The minimum Gasteiger partial charge on any atom is -0.491 e. The summed E-state index contributed by atoms with van der Waals surface area (Å²) in [6.45, 7) is 8.08. The molecule has 2 aliphatic rings. The maximum atomic E-state index is 13.8. The summed E-state index contributed by atoms with van der Waals surface area (Å²) in [7, 11) is 0. The number of hydrogen-bond acceptors (Lipinski definition) is 4. The van der Waals surface area contributed by atoms with Gasteiger partial charge in [-0.25, -0.2) is 0 Å². The summed E-state index contributed by atoms with van der Waals surface area (Å²) >= 11 is 1.75. The van der Waals surface area contributed by atoms with Gasteiger partial charge in [0.1, 0.15) is 18.9 Å². The highest BCUT2D eigenvalue weighted by atomic mass is 32.1. The van der Waals surface area contributed by atoms with Gasteiger partial charge in [-0.15, -0.1) is 11.3 Å². The number of fused-ring (bicyclic) bond motifs is 1. The molecule has 2 aromatic carbocycles. The van der Waals surface area contributed by atoms with Crippen molar-refractivity contribution in [3.05, 3.63) is 87.1 Å². The van der Waals surface area contributed by atoms with Crippen molar-refractivity contribution in [3.63, 3.8) is 0 Å². The predicted octanol–water partition coefficient (Wildman–Crippen LogP) is 6.24. The van der Waals surface area contributed by atoms with Crippen LogP contribution in [0.25, 0.3) is 0 Å². The third-order valence-corrected chi connectivity index (χ3v) is 8.53. The molecule has 0 N–H and O–H groups in total. The lowest BCUT2D eigenvalue weighted by atomic mass is 10.00. The number of aryl methyl sites for hydroxylation is 1. The van der Waals surface area contributed by atoms with Gasteiger partial charge in [-0.05, 0) is 84.4 Å². The third kappa shape index (κ3) is 5.90. The second-order valence-corrected chi connectivity index (χ2v) is 11.6. The zero-order chi connectivity index (χ0) is 25.9. The molecule has 2 heterocycles. The fourth-order valence-electron chi connectivity index (χ4n) is 5.07. The van der Waals surface area contributed by atoms with Crippen molar-refractivity contribution in [2.24, 2.45) is 5.92 Å². The molecule has 3 aromatic rings. The van der Waals surface area contributed by atoms with Crippen LogP contribution in [0.1, 0.15) is 70.6 Å². The summed E-state index contributed by atoms with van der Waals surface area (Å²) in [5.74, 6) is 1.71. The fraction of sp³-hybridized carbons (Fsp3) is 0.419. The van der Waals surface area contributed by atoms with Crippen LogP contribution in [-0.4, -0.2) is 47.9 Å². The molecular weight excluding hydrogens is 480 g/mol. The van der Waals surface area contributed by atoms with Gasteiger partial charge in [-0.3, -0.25) is 9.59 Å². The lowest BCUT2D eigenvalue weighted by molar-refractivity contribution is -0.135. The molecule has 37 heavy (non-hydrogen) atoms. The van der Waals surface area contributed by atoms with E-state index in [1.165, 1.54) is 16.0 Å². The molecule has 1 atom stereocenters. The van der Waals surface area contributed by atoms with E-state index in [2.05, 4.69) is 37.4 Å². The normalized spacial score (nSPS) is 17.0. The fourth-order valence-corrected chi connectivity index (χ4v) is 6.00. The molecule has 194 valence electrons. The Labute approximate surface area is 224 Å². The number of nitrogens with zero attached hydrogens (tertiary/aromatic N) is 2. The molecule has 1 saturated carbocycles. The first-order valence-electron chi connectivity index (χ1n) is 13.3. The van der Waals surface area contributed by atoms with Crippen molar-refractivity contribution >= 4 is 23.2 Å². The smallest absolute Gasteiger partial charge is 0.254 e. The third-order valence-electron chi connectivity index (χ3n) is 7.53. The summed E-state index contributed by atoms with van der Waals surface area (Å²) in [5.41, 5.74) is 4.06. The van der Waals surface area contributed by atoms with E-state index in [0.29, 0.717) is 37.1 Å². The zero-order valence-corrected chi connectivity index (χ0v) is 22.8. The summed E-state index contributed by atoms with van der Waals surface area (Å²) < 4.78 is 6.23. The minimum absolute atomic E-state index is 0.0109. The predicted molar refractivity (Wildman–Crippen MR) is 148 cm³/mol. The van der Waals surface area contributed by atoms with E-state index >= 15 is 0 Å². The van der Waals surface area contributed by atoms with Crippen LogP contribution in [0.4, 0.5) is 0 Å². The van der Waals surface area contributed by atoms with E-state index in [0.717, 1.165) is 30.6 Å². The molecular formula is C31H36N2O3S. The van der Waals surface area contributed by atoms with Crippen LogP contribution in [-0.2, 0) is 11.2 Å². The number of thiophene rings is 1. The van der Waals surface area contributed by atoms with Crippen LogP contribution >= 0.6 is 11.3 Å². The molecule has 1 aliphatic carbocycles. The van der Waals surface area contributed by atoms with Gasteiger partial charge in [0, 0.05) is 23.5 Å². The van der Waals surface area contributed by atoms with Crippen molar-refractivity contribution in [2.75, 3.05) is 26.2 Å². The highest BCUT2D eigenvalue weighted by Gasteiger charge is 2.35. The number of hydrogen-bond donors (Lipinski definition) is 0. The van der Waals surface area contributed by atoms with Gasteiger partial charge in [0.2, 0.25) is 5.91 Å². The average Bonchev–Trinajstić information content (AvgIpc) is 3.59. The monoisotopic (exact) mass is 516 g/mol. The highest BCUT2D eigenvalue weighted by molar-refractivity contribution is 7.10. The Bertz CT molecular complexity index is 1250. The number of amides is 2. The molecule has 0 unspecified atom stereocenters. The second kappa shape index (κ2) is 11.1. The van der Waals surface area contributed by atoms with E-state index in [1.54, 1.807) is 16.2 Å². The van der Waals surface area contributed by atoms with Crippen LogP contribution in [0.3, 0.4) is 0 Å². The molecule has 0 radical (unpaired) electrons. The Morgan fingerprint density at radius 3 is 2.54 bits per heavy atom. The Kier molecular flexibility index (Phi) is 7.65. The van der Waals surface area contributed by atoms with Gasteiger partial charge in [0.15, 0.2) is 0 Å². The SMILES string of the molecule is Cc1ccccc1C(=O)N(CC(=O)N1CCc2sccc2[C@H]1COc1ccc(C(C)C)cc1)CC1CC1. The lowest BCUT2D eigenvalue weighted by Crippen LogP contribution is -2.48. The largest absolute Gasteiger partial charge is 0.491 e. The highest BCUT2D eigenvalue weighted by Crippen LogP contribution is 2.35. The molecule has 1 aliphatic heterocycles. The average molecular weight is 517 g/mol. The van der Waals surface area contributed by atoms with E-state index in [-0.39, 0.29) is 24.4 Å². The maximum absolute atomic E-state index is 13.8. The van der Waals surface area contributed by atoms with Gasteiger partial charge in [0.25, 0.3) is 5.91 Å². The van der Waals surface area contributed by atoms with Gasteiger partial charge < -0.3 is 14.5 Å². The van der Waals surface area contributed by atoms with Crippen LogP contribution < -0.4 is 4.74 Å². The number of carbonyl (C=O) groups excluding carboxylic acids is 2. The molecule has 0 spiro atoms. The molecule has 1 fully saturated rings. The Morgan fingerprint density at radius 1 is 1.08 bits per heavy atom. The van der Waals surface area contributed by atoms with E-state index < -0.39 is 0 Å². The molecule has 1 aromatic heterocycles. The van der Waals surface area contributed by atoms with Gasteiger partial charge >= 0.3 is 0 Å².